The van der Waals surface area contributed by atoms with Crippen molar-refractivity contribution in [3.05, 3.63) is 100 Å². The van der Waals surface area contributed by atoms with Crippen molar-refractivity contribution in [1.82, 2.24) is 4.90 Å². The number of ketones is 1. The number of hydrogen-bond donors (Lipinski definition) is 1. The molecule has 41 heavy (non-hydrogen) atoms. The zero-order valence-electron chi connectivity index (χ0n) is 25.2. The van der Waals surface area contributed by atoms with Crippen LogP contribution in [0, 0.1) is 12.8 Å². The summed E-state index contributed by atoms with van der Waals surface area (Å²) in [5, 5.41) is 11.6. The number of carbonyl (C=O) groups excluding carboxylic acids is 2. The summed E-state index contributed by atoms with van der Waals surface area (Å²) in [6.45, 7) is 15.7. The lowest BCUT2D eigenvalue weighted by atomic mass is 9.85. The fourth-order valence-electron chi connectivity index (χ4n) is 4.98. The Morgan fingerprint density at radius 3 is 2.17 bits per heavy atom. The van der Waals surface area contributed by atoms with Crippen molar-refractivity contribution in [1.29, 1.82) is 0 Å². The molecular weight excluding hydrogens is 514 g/mol. The number of likely N-dealkylation sites (tertiary alicyclic amines) is 1. The highest BCUT2D eigenvalue weighted by molar-refractivity contribution is 6.46. The van der Waals surface area contributed by atoms with Gasteiger partial charge in [-0.2, -0.15) is 0 Å². The monoisotopic (exact) mass is 555 g/mol. The number of benzene rings is 3. The largest absolute Gasteiger partial charge is 0.507 e. The Kier molecular flexibility index (Phi) is 8.91. The van der Waals surface area contributed by atoms with Crippen LogP contribution in [0.3, 0.4) is 0 Å². The number of amides is 1. The number of aliphatic hydroxyl groups is 1. The molecule has 0 radical (unpaired) electrons. The number of Topliss-reactive ketones (excluding diaryl/α,β-unsaturated/α-hetero) is 1. The third-order valence-electron chi connectivity index (χ3n) is 7.24. The van der Waals surface area contributed by atoms with Crippen molar-refractivity contribution in [3.63, 3.8) is 0 Å². The number of hydrogen-bond acceptors (Lipinski definition) is 5. The van der Waals surface area contributed by atoms with E-state index >= 15 is 0 Å². The van der Waals surface area contributed by atoms with Crippen molar-refractivity contribution >= 4 is 17.4 Å². The van der Waals surface area contributed by atoms with Crippen LogP contribution >= 0.6 is 0 Å². The molecule has 1 aliphatic heterocycles. The Bertz CT molecular complexity index is 1430. The van der Waals surface area contributed by atoms with E-state index in [4.69, 9.17) is 9.47 Å². The van der Waals surface area contributed by atoms with E-state index in [1.54, 1.807) is 23.1 Å². The maximum atomic E-state index is 13.5. The Balaban J connectivity index is 1.78. The van der Waals surface area contributed by atoms with Gasteiger partial charge in [0.2, 0.25) is 0 Å². The Morgan fingerprint density at radius 2 is 1.61 bits per heavy atom. The molecule has 1 heterocycles. The molecule has 1 N–H and O–H groups in total. The molecule has 1 unspecified atom stereocenters. The Morgan fingerprint density at radius 1 is 0.951 bits per heavy atom. The summed E-state index contributed by atoms with van der Waals surface area (Å²) in [5.41, 5.74) is 4.09. The van der Waals surface area contributed by atoms with Crippen molar-refractivity contribution < 1.29 is 24.2 Å². The molecule has 1 saturated heterocycles. The summed E-state index contributed by atoms with van der Waals surface area (Å²) in [4.78, 5) is 28.6. The zero-order chi connectivity index (χ0) is 29.9. The average Bonchev–Trinajstić information content (AvgIpc) is 3.17. The topological polar surface area (TPSA) is 76.1 Å². The molecule has 3 aromatic rings. The van der Waals surface area contributed by atoms with Gasteiger partial charge in [0.15, 0.2) is 0 Å². The van der Waals surface area contributed by atoms with Crippen LogP contribution < -0.4 is 9.47 Å². The van der Waals surface area contributed by atoms with Gasteiger partial charge in [0.1, 0.15) is 17.3 Å². The molecule has 0 aliphatic carbocycles. The van der Waals surface area contributed by atoms with Gasteiger partial charge < -0.3 is 19.5 Å². The van der Waals surface area contributed by atoms with Crippen molar-refractivity contribution in [2.45, 2.75) is 66.5 Å². The standard InChI is InChI=1S/C35H41NO5/c1-8-40-28-16-9-24(10-17-28)20-36-31(25-11-14-27(15-12-25)35(5,6)7)30(33(38)34(36)39)32(37)26-13-18-29(23(4)19-26)41-21-22(2)3/h9-19,22,31,37H,8,20-21H2,1-7H3/b32-30-. The van der Waals surface area contributed by atoms with Crippen molar-refractivity contribution in [2.75, 3.05) is 13.2 Å². The summed E-state index contributed by atoms with van der Waals surface area (Å²) in [6.07, 6.45) is 0. The molecule has 4 rings (SSSR count). The molecule has 6 nitrogen and oxygen atoms in total. The molecule has 3 aromatic carbocycles. The van der Waals surface area contributed by atoms with E-state index in [0.717, 1.165) is 33.8 Å². The zero-order valence-corrected chi connectivity index (χ0v) is 25.2. The molecular formula is C35H41NO5. The fraction of sp³-hybridized carbons (Fsp3) is 0.371. The number of carbonyl (C=O) groups is 2. The predicted octanol–water partition coefficient (Wildman–Crippen LogP) is 7.35. The summed E-state index contributed by atoms with van der Waals surface area (Å²) in [5.74, 6) is 0.304. The number of aliphatic hydroxyl groups excluding tert-OH is 1. The van der Waals surface area contributed by atoms with Gasteiger partial charge in [-0.1, -0.05) is 71.0 Å². The van der Waals surface area contributed by atoms with Gasteiger partial charge in [0.25, 0.3) is 11.7 Å². The van der Waals surface area contributed by atoms with Crippen LogP contribution in [0.15, 0.2) is 72.3 Å². The third-order valence-corrected chi connectivity index (χ3v) is 7.24. The van der Waals surface area contributed by atoms with E-state index < -0.39 is 17.7 Å². The Labute approximate surface area is 243 Å². The second-order valence-corrected chi connectivity index (χ2v) is 12.1. The van der Waals surface area contributed by atoms with E-state index in [1.807, 2.05) is 62.4 Å². The first-order valence-electron chi connectivity index (χ1n) is 14.2. The lowest BCUT2D eigenvalue weighted by molar-refractivity contribution is -0.140. The highest BCUT2D eigenvalue weighted by Gasteiger charge is 2.46. The van der Waals surface area contributed by atoms with Gasteiger partial charge >= 0.3 is 0 Å². The molecule has 1 atom stereocenters. The van der Waals surface area contributed by atoms with Crippen LogP contribution in [0.2, 0.25) is 0 Å². The van der Waals surface area contributed by atoms with Gasteiger partial charge in [-0.15, -0.1) is 0 Å². The van der Waals surface area contributed by atoms with E-state index in [1.165, 1.54) is 0 Å². The van der Waals surface area contributed by atoms with Crippen LogP contribution in [-0.2, 0) is 21.5 Å². The third kappa shape index (κ3) is 6.64. The van der Waals surface area contributed by atoms with Crippen molar-refractivity contribution in [3.8, 4) is 11.5 Å². The minimum absolute atomic E-state index is 0.0560. The molecule has 216 valence electrons. The minimum atomic E-state index is -0.743. The quantitative estimate of drug-likeness (QED) is 0.170. The van der Waals surface area contributed by atoms with E-state index in [0.29, 0.717) is 24.7 Å². The second-order valence-electron chi connectivity index (χ2n) is 12.1. The summed E-state index contributed by atoms with van der Waals surface area (Å²) in [7, 11) is 0. The van der Waals surface area contributed by atoms with E-state index in [9.17, 15) is 14.7 Å². The van der Waals surface area contributed by atoms with Crippen LogP contribution in [0.1, 0.15) is 75.4 Å². The molecule has 1 amide bonds. The van der Waals surface area contributed by atoms with Gasteiger partial charge in [-0.25, -0.2) is 0 Å². The molecule has 0 aromatic heterocycles. The van der Waals surface area contributed by atoms with E-state index in [2.05, 4.69) is 34.6 Å². The molecule has 0 saturated carbocycles. The second kappa shape index (κ2) is 12.2. The highest BCUT2D eigenvalue weighted by atomic mass is 16.5. The van der Waals surface area contributed by atoms with Gasteiger partial charge in [-0.05, 0) is 77.8 Å². The highest BCUT2D eigenvalue weighted by Crippen LogP contribution is 2.41. The molecule has 1 fully saturated rings. The molecule has 1 aliphatic rings. The smallest absolute Gasteiger partial charge is 0.295 e. The fourth-order valence-corrected chi connectivity index (χ4v) is 4.98. The number of nitrogens with zero attached hydrogens (tertiary/aromatic N) is 1. The lowest BCUT2D eigenvalue weighted by Crippen LogP contribution is -2.29. The maximum Gasteiger partial charge on any atom is 0.295 e. The lowest BCUT2D eigenvalue weighted by Gasteiger charge is -2.27. The SMILES string of the molecule is CCOc1ccc(CN2C(=O)C(=O)/C(=C(\O)c3ccc(OCC(C)C)c(C)c3)C2c2ccc(C(C)(C)C)cc2)cc1. The van der Waals surface area contributed by atoms with E-state index in [-0.39, 0.29) is 23.3 Å². The average molecular weight is 556 g/mol. The predicted molar refractivity (Wildman–Crippen MR) is 162 cm³/mol. The number of aryl methyl sites for hydroxylation is 1. The van der Waals surface area contributed by atoms with Crippen LogP contribution in [0.4, 0.5) is 0 Å². The van der Waals surface area contributed by atoms with Crippen LogP contribution in [0.25, 0.3) is 5.76 Å². The number of ether oxygens (including phenoxy) is 2. The molecule has 6 heteroatoms. The molecule has 0 bridgehead atoms. The van der Waals surface area contributed by atoms with Gasteiger partial charge in [0, 0.05) is 12.1 Å². The first kappa shape index (κ1) is 29.9. The van der Waals surface area contributed by atoms with Crippen molar-refractivity contribution in [2.24, 2.45) is 5.92 Å². The summed E-state index contributed by atoms with van der Waals surface area (Å²) in [6, 6.07) is 20.0. The minimum Gasteiger partial charge on any atom is -0.507 e. The first-order chi connectivity index (χ1) is 19.4. The van der Waals surface area contributed by atoms with Gasteiger partial charge in [-0.3, -0.25) is 9.59 Å². The molecule has 0 spiro atoms. The summed E-state index contributed by atoms with van der Waals surface area (Å²) >= 11 is 0. The summed E-state index contributed by atoms with van der Waals surface area (Å²) < 4.78 is 11.5. The first-order valence-corrected chi connectivity index (χ1v) is 14.2. The normalized spacial score (nSPS) is 16.9. The van der Waals surface area contributed by atoms with Crippen LogP contribution in [0.5, 0.6) is 11.5 Å². The van der Waals surface area contributed by atoms with Crippen LogP contribution in [-0.4, -0.2) is 34.9 Å². The van der Waals surface area contributed by atoms with Gasteiger partial charge in [0.05, 0.1) is 24.8 Å². The number of rotatable bonds is 9. The Hall–Kier alpha value is -4.06. The maximum absolute atomic E-state index is 13.5.